The van der Waals surface area contributed by atoms with E-state index in [1.807, 2.05) is 26.8 Å². The molecule has 1 amide bonds. The van der Waals surface area contributed by atoms with Gasteiger partial charge in [0.05, 0.1) is 5.92 Å². The zero-order valence-corrected chi connectivity index (χ0v) is 17.2. The molecule has 4 unspecified atom stereocenters. The molecule has 5 N–H and O–H groups in total. The molecule has 1 aromatic carbocycles. The largest absolute Gasteiger partial charge is 0.488 e. The third kappa shape index (κ3) is 3.74. The number of nitrogen functional groups attached to an aromatic ring is 1. The molecule has 0 aliphatic heterocycles. The number of rotatable bonds is 5. The molecule has 1 aromatic heterocycles. The molecule has 9 heteroatoms. The summed E-state index contributed by atoms with van der Waals surface area (Å²) in [6.07, 6.45) is 4.98. The Labute approximate surface area is 174 Å². The van der Waals surface area contributed by atoms with E-state index in [9.17, 15) is 9.59 Å². The van der Waals surface area contributed by atoms with Crippen LogP contribution in [-0.2, 0) is 4.79 Å². The number of hydrogen-bond donors (Lipinski definition) is 3. The van der Waals surface area contributed by atoms with Crippen molar-refractivity contribution in [2.24, 2.45) is 23.5 Å². The Morgan fingerprint density at radius 2 is 1.83 bits per heavy atom. The third-order valence-corrected chi connectivity index (χ3v) is 5.43. The minimum atomic E-state index is -0.408. The lowest BCUT2D eigenvalue weighted by molar-refractivity contribution is -0.122. The van der Waals surface area contributed by atoms with E-state index >= 15 is 0 Å². The van der Waals surface area contributed by atoms with Gasteiger partial charge >= 0.3 is 0 Å². The highest BCUT2D eigenvalue weighted by Gasteiger charge is 2.47. The van der Waals surface area contributed by atoms with Crippen LogP contribution >= 0.6 is 0 Å². The van der Waals surface area contributed by atoms with Crippen molar-refractivity contribution in [1.82, 2.24) is 14.8 Å². The molecular formula is C21H26N6O3. The van der Waals surface area contributed by atoms with Gasteiger partial charge in [-0.3, -0.25) is 9.59 Å². The van der Waals surface area contributed by atoms with Crippen LogP contribution in [-0.4, -0.2) is 38.2 Å². The number of amides is 1. The van der Waals surface area contributed by atoms with Crippen LogP contribution in [0, 0.1) is 17.8 Å². The molecule has 158 valence electrons. The fourth-order valence-corrected chi connectivity index (χ4v) is 4.23. The van der Waals surface area contributed by atoms with Gasteiger partial charge in [0.2, 0.25) is 17.8 Å². The van der Waals surface area contributed by atoms with Crippen LogP contribution in [0.4, 0.5) is 11.9 Å². The van der Waals surface area contributed by atoms with Crippen LogP contribution < -0.4 is 21.5 Å². The molecule has 1 saturated carbocycles. The minimum Gasteiger partial charge on any atom is -0.488 e. The summed E-state index contributed by atoms with van der Waals surface area (Å²) in [6.45, 7) is 5.85. The molecule has 30 heavy (non-hydrogen) atoms. The summed E-state index contributed by atoms with van der Waals surface area (Å²) in [5, 5.41) is 7.38. The molecule has 2 aromatic rings. The summed E-state index contributed by atoms with van der Waals surface area (Å²) in [4.78, 5) is 28.9. The smallest absolute Gasteiger partial charge is 0.281 e. The predicted octanol–water partition coefficient (Wildman–Crippen LogP) is 1.81. The van der Waals surface area contributed by atoms with Crippen LogP contribution in [0.25, 0.3) is 0 Å². The topological polar surface area (TPSA) is 138 Å². The maximum absolute atomic E-state index is 12.8. The standard InChI is InChI=1S/C21H26N6O3/c1-21(2,3)30-14-8-6-11(7-9-14)18(29)27-19(23)25-20(26-27)24-16-13-5-4-12(10-13)15(16)17(22)28/h4-9,12-13,15-16H,10H2,1-3H3,(H2,22,28)(H3,23,24,25,26). The Kier molecular flexibility index (Phi) is 4.76. The molecule has 1 heterocycles. The lowest BCUT2D eigenvalue weighted by atomic mass is 9.88. The molecule has 4 atom stereocenters. The number of benzene rings is 1. The van der Waals surface area contributed by atoms with Crippen molar-refractivity contribution in [2.75, 3.05) is 11.1 Å². The summed E-state index contributed by atoms with van der Waals surface area (Å²) >= 11 is 0. The van der Waals surface area contributed by atoms with Crippen LogP contribution in [0.2, 0.25) is 0 Å². The second-order valence-electron chi connectivity index (χ2n) is 8.80. The fourth-order valence-electron chi connectivity index (χ4n) is 4.23. The summed E-state index contributed by atoms with van der Waals surface area (Å²) in [7, 11) is 0. The first-order chi connectivity index (χ1) is 14.1. The van der Waals surface area contributed by atoms with Gasteiger partial charge in [0.25, 0.3) is 5.91 Å². The number of primary amides is 1. The highest BCUT2D eigenvalue weighted by Crippen LogP contribution is 2.44. The van der Waals surface area contributed by atoms with Crippen LogP contribution in [0.1, 0.15) is 37.6 Å². The van der Waals surface area contributed by atoms with Gasteiger partial charge in [0, 0.05) is 11.6 Å². The molecule has 0 radical (unpaired) electrons. The average molecular weight is 410 g/mol. The van der Waals surface area contributed by atoms with E-state index in [1.165, 1.54) is 0 Å². The summed E-state index contributed by atoms with van der Waals surface area (Å²) < 4.78 is 6.82. The molecule has 2 aliphatic carbocycles. The minimum absolute atomic E-state index is 0.0353. The average Bonchev–Trinajstić information content (AvgIpc) is 3.35. The Bertz CT molecular complexity index is 1000. The number of fused-ring (bicyclic) bond motifs is 2. The highest BCUT2D eigenvalue weighted by atomic mass is 16.5. The second kappa shape index (κ2) is 7.16. The van der Waals surface area contributed by atoms with Gasteiger partial charge in [-0.05, 0) is 63.3 Å². The van der Waals surface area contributed by atoms with Crippen molar-refractivity contribution < 1.29 is 14.3 Å². The first-order valence-electron chi connectivity index (χ1n) is 9.93. The zero-order chi connectivity index (χ0) is 21.6. The lowest BCUT2D eigenvalue weighted by Gasteiger charge is -2.25. The van der Waals surface area contributed by atoms with Crippen molar-refractivity contribution in [1.29, 1.82) is 0 Å². The number of nitrogens with two attached hydrogens (primary N) is 2. The van der Waals surface area contributed by atoms with Crippen LogP contribution in [0.5, 0.6) is 5.75 Å². The van der Waals surface area contributed by atoms with Gasteiger partial charge in [-0.1, -0.05) is 12.2 Å². The van der Waals surface area contributed by atoms with Gasteiger partial charge in [-0.15, -0.1) is 5.10 Å². The van der Waals surface area contributed by atoms with Gasteiger partial charge in [0.15, 0.2) is 0 Å². The third-order valence-electron chi connectivity index (χ3n) is 5.43. The SMILES string of the molecule is CC(C)(C)Oc1ccc(C(=O)n2nc(NC3C4C=CC(C4)C3C(N)=O)nc2N)cc1. The normalized spacial score (nSPS) is 24.8. The Morgan fingerprint density at radius 1 is 1.17 bits per heavy atom. The van der Waals surface area contributed by atoms with E-state index < -0.39 is 5.91 Å². The molecule has 0 spiro atoms. The van der Waals surface area contributed by atoms with Crippen LogP contribution in [0.3, 0.4) is 0 Å². The first kappa shape index (κ1) is 19.9. The number of hydrogen-bond acceptors (Lipinski definition) is 7. The van der Waals surface area contributed by atoms with E-state index in [4.69, 9.17) is 16.2 Å². The summed E-state index contributed by atoms with van der Waals surface area (Å²) in [6, 6.07) is 6.55. The van der Waals surface area contributed by atoms with Gasteiger partial charge in [-0.2, -0.15) is 9.67 Å². The van der Waals surface area contributed by atoms with E-state index in [0.29, 0.717) is 11.3 Å². The summed E-state index contributed by atoms with van der Waals surface area (Å²) in [5.41, 5.74) is 11.6. The van der Waals surface area contributed by atoms with E-state index in [-0.39, 0.29) is 47.2 Å². The predicted molar refractivity (Wildman–Crippen MR) is 112 cm³/mol. The van der Waals surface area contributed by atoms with Crippen molar-refractivity contribution in [3.63, 3.8) is 0 Å². The Hall–Kier alpha value is -3.36. The van der Waals surface area contributed by atoms with Crippen molar-refractivity contribution in [3.8, 4) is 5.75 Å². The quantitative estimate of drug-likeness (QED) is 0.639. The molecule has 2 aliphatic rings. The molecule has 1 fully saturated rings. The maximum atomic E-state index is 12.8. The number of aromatic nitrogens is 3. The van der Waals surface area contributed by atoms with Crippen molar-refractivity contribution in [3.05, 3.63) is 42.0 Å². The van der Waals surface area contributed by atoms with Crippen LogP contribution in [0.15, 0.2) is 36.4 Å². The van der Waals surface area contributed by atoms with Crippen molar-refractivity contribution >= 4 is 23.7 Å². The van der Waals surface area contributed by atoms with E-state index in [2.05, 4.69) is 21.5 Å². The number of anilines is 2. The second-order valence-corrected chi connectivity index (χ2v) is 8.80. The molecule has 4 rings (SSSR count). The van der Waals surface area contributed by atoms with E-state index in [0.717, 1.165) is 11.1 Å². The van der Waals surface area contributed by atoms with Gasteiger partial charge in [0.1, 0.15) is 11.4 Å². The number of nitrogens with zero attached hydrogens (tertiary/aromatic N) is 3. The molecule has 0 saturated heterocycles. The van der Waals surface area contributed by atoms with Gasteiger partial charge in [-0.25, -0.2) is 0 Å². The Balaban J connectivity index is 1.51. The molecule has 2 bridgehead atoms. The zero-order valence-electron chi connectivity index (χ0n) is 17.2. The fraction of sp³-hybridized carbons (Fsp3) is 0.429. The highest BCUT2D eigenvalue weighted by molar-refractivity contribution is 5.97. The number of carbonyl (C=O) groups is 2. The lowest BCUT2D eigenvalue weighted by Crippen LogP contribution is -2.41. The van der Waals surface area contributed by atoms with E-state index in [1.54, 1.807) is 24.3 Å². The number of carbonyl (C=O) groups excluding carboxylic acids is 2. The Morgan fingerprint density at radius 3 is 2.47 bits per heavy atom. The maximum Gasteiger partial charge on any atom is 0.281 e. The first-order valence-corrected chi connectivity index (χ1v) is 9.93. The number of allylic oxidation sites excluding steroid dienone is 1. The number of nitrogens with one attached hydrogen (secondary N) is 1. The van der Waals surface area contributed by atoms with Gasteiger partial charge < -0.3 is 21.5 Å². The monoisotopic (exact) mass is 410 g/mol. The van der Waals surface area contributed by atoms with Crippen molar-refractivity contribution in [2.45, 2.75) is 38.8 Å². The molecular weight excluding hydrogens is 384 g/mol. The number of ether oxygens (including phenoxy) is 1. The molecule has 9 nitrogen and oxygen atoms in total. The summed E-state index contributed by atoms with van der Waals surface area (Å²) in [5.74, 6) is 0.0262.